The smallest absolute Gasteiger partial charge is 0.408 e. The highest BCUT2D eigenvalue weighted by Crippen LogP contribution is 2.24. The number of primary amides is 1. The van der Waals surface area contributed by atoms with Crippen LogP contribution >= 0.6 is 0 Å². The van der Waals surface area contributed by atoms with Gasteiger partial charge in [0, 0.05) is 7.05 Å². The maximum atomic E-state index is 13.3. The number of nitrogens with zero attached hydrogens (tertiary/aromatic N) is 1. The fourth-order valence-corrected chi connectivity index (χ4v) is 3.27. The number of nitrogens with two attached hydrogens (primary N) is 1. The zero-order valence-corrected chi connectivity index (χ0v) is 20.7. The van der Waals surface area contributed by atoms with Gasteiger partial charge in [0.05, 0.1) is 13.5 Å². The monoisotopic (exact) mass is 478 g/mol. The van der Waals surface area contributed by atoms with Crippen LogP contribution in [0.15, 0.2) is 18.2 Å². The molecule has 0 aromatic heterocycles. The average Bonchev–Trinajstić information content (AvgIpc) is 2.68. The highest BCUT2D eigenvalue weighted by atomic mass is 16.6. The van der Waals surface area contributed by atoms with Crippen molar-refractivity contribution in [2.24, 2.45) is 5.73 Å². The lowest BCUT2D eigenvalue weighted by molar-refractivity contribution is -0.144. The van der Waals surface area contributed by atoms with E-state index in [2.05, 4.69) is 15.4 Å². The van der Waals surface area contributed by atoms with Gasteiger partial charge in [0.25, 0.3) is 0 Å². The van der Waals surface area contributed by atoms with E-state index >= 15 is 0 Å². The third-order valence-corrected chi connectivity index (χ3v) is 4.57. The van der Waals surface area contributed by atoms with Gasteiger partial charge in [-0.25, -0.2) is 4.79 Å². The van der Waals surface area contributed by atoms with Gasteiger partial charge < -0.3 is 30.7 Å². The number of methoxy groups -OCH3 is 1. The molecule has 4 amide bonds. The van der Waals surface area contributed by atoms with Crippen LogP contribution in [0.25, 0.3) is 0 Å². The largest absolute Gasteiger partial charge is 0.468 e. The van der Waals surface area contributed by atoms with E-state index in [1.807, 2.05) is 19.9 Å². The lowest BCUT2D eigenvalue weighted by Crippen LogP contribution is -2.53. The molecule has 0 aliphatic rings. The van der Waals surface area contributed by atoms with Gasteiger partial charge in [0.15, 0.2) is 0 Å². The van der Waals surface area contributed by atoms with Crippen LogP contribution in [0.5, 0.6) is 0 Å². The summed E-state index contributed by atoms with van der Waals surface area (Å²) in [6, 6.07) is 2.80. The van der Waals surface area contributed by atoms with Gasteiger partial charge in [-0.2, -0.15) is 0 Å². The number of carbonyl (C=O) groups excluding carboxylic acids is 5. The van der Waals surface area contributed by atoms with Gasteiger partial charge in [0.2, 0.25) is 17.7 Å². The van der Waals surface area contributed by atoms with E-state index in [1.54, 1.807) is 32.9 Å². The number of amides is 4. The molecule has 11 nitrogen and oxygen atoms in total. The molecule has 0 bridgehead atoms. The number of esters is 1. The molecule has 4 N–H and O–H groups in total. The van der Waals surface area contributed by atoms with E-state index < -0.39 is 60.4 Å². The molecule has 11 heteroatoms. The first kappa shape index (κ1) is 28.4. The minimum Gasteiger partial charge on any atom is -0.468 e. The number of benzene rings is 1. The zero-order valence-electron chi connectivity index (χ0n) is 20.7. The van der Waals surface area contributed by atoms with Crippen molar-refractivity contribution >= 4 is 29.8 Å². The number of hydrogen-bond donors (Lipinski definition) is 3. The van der Waals surface area contributed by atoms with Crippen molar-refractivity contribution in [2.75, 3.05) is 20.7 Å². The number of carbonyl (C=O) groups is 5. The van der Waals surface area contributed by atoms with Gasteiger partial charge >= 0.3 is 12.1 Å². The Hall–Kier alpha value is -3.63. The van der Waals surface area contributed by atoms with E-state index in [1.165, 1.54) is 14.2 Å². The van der Waals surface area contributed by atoms with E-state index in [9.17, 15) is 24.0 Å². The highest BCUT2D eigenvalue weighted by Gasteiger charge is 2.35. The minimum absolute atomic E-state index is 0.403. The van der Waals surface area contributed by atoms with Crippen LogP contribution in [0.4, 0.5) is 4.79 Å². The van der Waals surface area contributed by atoms with Crippen molar-refractivity contribution < 1.29 is 33.4 Å². The van der Waals surface area contributed by atoms with Crippen molar-refractivity contribution in [3.8, 4) is 0 Å². The van der Waals surface area contributed by atoms with Crippen LogP contribution in [0.1, 0.15) is 49.9 Å². The molecule has 0 saturated carbocycles. The van der Waals surface area contributed by atoms with Gasteiger partial charge in [-0.3, -0.25) is 19.2 Å². The first-order valence-electron chi connectivity index (χ1n) is 10.6. The number of hydrogen-bond acceptors (Lipinski definition) is 7. The van der Waals surface area contributed by atoms with E-state index in [4.69, 9.17) is 10.5 Å². The molecule has 1 aromatic carbocycles. The first-order valence-corrected chi connectivity index (χ1v) is 10.6. The van der Waals surface area contributed by atoms with E-state index in [0.717, 1.165) is 16.0 Å². The topological polar surface area (TPSA) is 157 Å². The summed E-state index contributed by atoms with van der Waals surface area (Å²) in [6.45, 7) is 8.20. The summed E-state index contributed by atoms with van der Waals surface area (Å²) in [4.78, 5) is 62.9. The van der Waals surface area contributed by atoms with Gasteiger partial charge in [-0.1, -0.05) is 29.3 Å². The molecule has 0 saturated heterocycles. The average molecular weight is 479 g/mol. The molecule has 1 rings (SSSR count). The summed E-state index contributed by atoms with van der Waals surface area (Å²) in [5.41, 5.74) is 6.62. The SMILES string of the molecule is COC(=O)CNC(=O)C(c1cc(C)cc(C)c1)N(C)C(=O)C(CC(N)=O)NC(=O)OC(C)(C)C. The second-order valence-corrected chi connectivity index (χ2v) is 8.94. The van der Waals surface area contributed by atoms with Crippen LogP contribution in [0.2, 0.25) is 0 Å². The number of rotatable bonds is 9. The van der Waals surface area contributed by atoms with E-state index in [0.29, 0.717) is 5.56 Å². The summed E-state index contributed by atoms with van der Waals surface area (Å²) >= 11 is 0. The molecule has 188 valence electrons. The number of alkyl carbamates (subject to hydrolysis) is 1. The lowest BCUT2D eigenvalue weighted by atomic mass is 9.98. The Morgan fingerprint density at radius 3 is 2.09 bits per heavy atom. The Morgan fingerprint density at radius 1 is 1.06 bits per heavy atom. The van der Waals surface area contributed by atoms with Crippen molar-refractivity contribution in [2.45, 2.75) is 58.7 Å². The molecule has 0 radical (unpaired) electrons. The second kappa shape index (κ2) is 12.0. The molecular weight excluding hydrogens is 444 g/mol. The maximum Gasteiger partial charge on any atom is 0.408 e. The standard InChI is InChI=1S/C23H34N4O7/c1-13-8-14(2)10-15(9-13)19(20(30)25-12-18(29)33-7)27(6)21(31)16(11-17(24)28)26-22(32)34-23(3,4)5/h8-10,16,19H,11-12H2,1-7H3,(H2,24,28)(H,25,30)(H,26,32). The molecule has 0 aliphatic carbocycles. The van der Waals surface area contributed by atoms with E-state index in [-0.39, 0.29) is 0 Å². The van der Waals surface area contributed by atoms with Crippen LogP contribution in [0.3, 0.4) is 0 Å². The van der Waals surface area contributed by atoms with Crippen LogP contribution in [0, 0.1) is 13.8 Å². The molecule has 0 aliphatic heterocycles. The van der Waals surface area contributed by atoms with Gasteiger partial charge in [-0.05, 0) is 40.2 Å². The normalized spacial score (nSPS) is 12.7. The quantitative estimate of drug-likeness (QED) is 0.444. The molecular formula is C23H34N4O7. The second-order valence-electron chi connectivity index (χ2n) is 8.94. The molecule has 0 heterocycles. The summed E-state index contributed by atoms with van der Waals surface area (Å²) in [5.74, 6) is -2.90. The van der Waals surface area contributed by atoms with Gasteiger partial charge in [-0.15, -0.1) is 0 Å². The van der Waals surface area contributed by atoms with Crippen LogP contribution < -0.4 is 16.4 Å². The number of nitrogens with one attached hydrogen (secondary N) is 2. The van der Waals surface area contributed by atoms with Gasteiger partial charge in [0.1, 0.15) is 24.2 Å². The lowest BCUT2D eigenvalue weighted by Gasteiger charge is -2.31. The highest BCUT2D eigenvalue weighted by molar-refractivity contribution is 5.95. The molecule has 34 heavy (non-hydrogen) atoms. The number of aryl methyl sites for hydroxylation is 2. The Morgan fingerprint density at radius 2 is 1.62 bits per heavy atom. The summed E-state index contributed by atoms with van der Waals surface area (Å²) in [6.07, 6.45) is -1.43. The van der Waals surface area contributed by atoms with Crippen molar-refractivity contribution in [1.29, 1.82) is 0 Å². The number of ether oxygens (including phenoxy) is 2. The Labute approximate surface area is 199 Å². The zero-order chi connectivity index (χ0) is 26.2. The molecule has 2 unspecified atom stereocenters. The number of likely N-dealkylation sites (N-methyl/N-ethyl adjacent to an activating group) is 1. The van der Waals surface area contributed by atoms with Crippen molar-refractivity contribution in [1.82, 2.24) is 15.5 Å². The fraction of sp³-hybridized carbons (Fsp3) is 0.522. The molecule has 2 atom stereocenters. The Balaban J connectivity index is 3.32. The first-order chi connectivity index (χ1) is 15.6. The predicted octanol–water partition coefficient (Wildman–Crippen LogP) is 0.861. The molecule has 0 fully saturated rings. The van der Waals surface area contributed by atoms with Crippen molar-refractivity contribution in [3.63, 3.8) is 0 Å². The van der Waals surface area contributed by atoms with Crippen molar-refractivity contribution in [3.05, 3.63) is 34.9 Å². The Kier molecular flexibility index (Phi) is 10.0. The van der Waals surface area contributed by atoms with Crippen LogP contribution in [-0.2, 0) is 28.7 Å². The summed E-state index contributed by atoms with van der Waals surface area (Å²) < 4.78 is 9.73. The fourth-order valence-electron chi connectivity index (χ4n) is 3.27. The summed E-state index contributed by atoms with van der Waals surface area (Å²) in [5, 5.41) is 4.80. The maximum absolute atomic E-state index is 13.3. The third kappa shape index (κ3) is 9.08. The third-order valence-electron chi connectivity index (χ3n) is 4.57. The Bertz CT molecular complexity index is 919. The predicted molar refractivity (Wildman–Crippen MR) is 123 cm³/mol. The molecule has 1 aromatic rings. The minimum atomic E-state index is -1.38. The summed E-state index contributed by atoms with van der Waals surface area (Å²) in [7, 11) is 2.54. The van der Waals surface area contributed by atoms with Crippen LogP contribution in [-0.4, -0.2) is 67.0 Å². The molecule has 0 spiro atoms.